The normalized spacial score (nSPS) is 31.2. The van der Waals surface area contributed by atoms with Gasteiger partial charge in [-0.1, -0.05) is 106 Å². The van der Waals surface area contributed by atoms with Crippen molar-refractivity contribution >= 4 is 23.5 Å². The zero-order valence-corrected chi connectivity index (χ0v) is 20.9. The van der Waals surface area contributed by atoms with Crippen molar-refractivity contribution in [3.8, 4) is 0 Å². The van der Waals surface area contributed by atoms with E-state index >= 15 is 0 Å². The molecule has 2 aliphatic rings. The molecule has 0 nitrogen and oxygen atoms in total. The molecular formula is C24H42S2. The zero-order chi connectivity index (χ0) is 20.3. The largest absolute Gasteiger partial charge is 0.144 e. The number of hydrogen-bond donors (Lipinski definition) is 0. The Morgan fingerprint density at radius 2 is 0.808 bits per heavy atom. The summed E-state index contributed by atoms with van der Waals surface area (Å²) in [5, 5.41) is 2.44. The van der Waals surface area contributed by atoms with Gasteiger partial charge in [-0.05, 0) is 21.7 Å². The Bertz CT molecular complexity index is 528. The lowest BCUT2D eigenvalue weighted by Crippen LogP contribution is -2.29. The van der Waals surface area contributed by atoms with Crippen LogP contribution in [0, 0.1) is 21.7 Å². The summed E-state index contributed by atoms with van der Waals surface area (Å²) in [6.07, 6.45) is 5.28. The smallest absolute Gasteiger partial charge is 0.0391 e. The van der Waals surface area contributed by atoms with E-state index in [9.17, 15) is 0 Å². The van der Waals surface area contributed by atoms with Gasteiger partial charge in [-0.15, -0.1) is 23.5 Å². The summed E-state index contributed by atoms with van der Waals surface area (Å²) < 4.78 is 0. The first-order valence-corrected chi connectivity index (χ1v) is 12.1. The van der Waals surface area contributed by atoms with Gasteiger partial charge in [0.2, 0.25) is 0 Å². The average molecular weight is 395 g/mol. The molecule has 150 valence electrons. The Kier molecular flexibility index (Phi) is 5.97. The molecule has 2 aliphatic heterocycles. The highest BCUT2D eigenvalue weighted by Crippen LogP contribution is 2.56. The molecule has 4 atom stereocenters. The molecule has 0 unspecified atom stereocenters. The van der Waals surface area contributed by atoms with Crippen LogP contribution in [-0.4, -0.2) is 21.0 Å². The van der Waals surface area contributed by atoms with Crippen LogP contribution in [0.1, 0.15) is 83.1 Å². The van der Waals surface area contributed by atoms with E-state index in [0.29, 0.717) is 31.8 Å². The minimum atomic E-state index is 0.253. The average Bonchev–Trinajstić information content (AvgIpc) is 3.00. The molecule has 0 amide bonds. The maximum absolute atomic E-state index is 2.64. The van der Waals surface area contributed by atoms with Crippen LogP contribution in [0.5, 0.6) is 0 Å². The highest BCUT2D eigenvalue weighted by molar-refractivity contribution is 8.05. The van der Waals surface area contributed by atoms with Crippen molar-refractivity contribution < 1.29 is 0 Å². The van der Waals surface area contributed by atoms with Crippen LogP contribution in [0.4, 0.5) is 0 Å². The molecule has 0 aromatic heterocycles. The lowest BCUT2D eigenvalue weighted by Gasteiger charge is -2.36. The van der Waals surface area contributed by atoms with Crippen LogP contribution < -0.4 is 0 Å². The second-order valence-corrected chi connectivity index (χ2v) is 15.0. The van der Waals surface area contributed by atoms with Crippen molar-refractivity contribution in [3.63, 3.8) is 0 Å². The standard InChI is InChI=1S/C24H42S2/c1-21(2,3)15-13-17(25-19(15)23(7,8)9)18-14-16(22(4,5)6)20(26-18)24(10,11)12/h13-14,17-20H,1-12H3/t17-,18-,19-,20-/m1/s1. The quantitative estimate of drug-likeness (QED) is 0.413. The molecule has 0 saturated heterocycles. The first kappa shape index (κ1) is 22.5. The third-order valence-electron chi connectivity index (χ3n) is 5.47. The molecule has 0 fully saturated rings. The molecule has 0 aromatic rings. The fourth-order valence-corrected chi connectivity index (χ4v) is 7.95. The first-order valence-electron chi connectivity index (χ1n) is 10.2. The fourth-order valence-electron chi connectivity index (χ4n) is 4.04. The molecule has 26 heavy (non-hydrogen) atoms. The van der Waals surface area contributed by atoms with Crippen LogP contribution in [0.15, 0.2) is 23.3 Å². The Labute approximate surface area is 172 Å². The van der Waals surface area contributed by atoms with E-state index in [4.69, 9.17) is 0 Å². The fraction of sp³-hybridized carbons (Fsp3) is 0.833. The summed E-state index contributed by atoms with van der Waals surface area (Å²) in [6, 6.07) is 0. The van der Waals surface area contributed by atoms with Crippen molar-refractivity contribution in [2.45, 2.75) is 104 Å². The summed E-state index contributed by atoms with van der Waals surface area (Å²) in [6.45, 7) is 28.7. The maximum atomic E-state index is 2.64. The van der Waals surface area contributed by atoms with Gasteiger partial charge in [0.05, 0.1) is 0 Å². The van der Waals surface area contributed by atoms with E-state index in [-0.39, 0.29) is 10.8 Å². The first-order chi connectivity index (χ1) is 11.4. The molecule has 0 spiro atoms. The van der Waals surface area contributed by atoms with Crippen LogP contribution in [0.25, 0.3) is 0 Å². The second kappa shape index (κ2) is 6.90. The van der Waals surface area contributed by atoms with E-state index in [2.05, 4.69) is 119 Å². The summed E-state index contributed by atoms with van der Waals surface area (Å²) >= 11 is 4.43. The van der Waals surface area contributed by atoms with Gasteiger partial charge < -0.3 is 0 Å². The lowest BCUT2D eigenvalue weighted by molar-refractivity contribution is 0.373. The van der Waals surface area contributed by atoms with Crippen LogP contribution in [0.2, 0.25) is 0 Å². The summed E-state index contributed by atoms with van der Waals surface area (Å²) in [7, 11) is 0. The van der Waals surface area contributed by atoms with Gasteiger partial charge >= 0.3 is 0 Å². The Balaban J connectivity index is 2.37. The monoisotopic (exact) mass is 394 g/mol. The number of thioether (sulfide) groups is 2. The van der Waals surface area contributed by atoms with Gasteiger partial charge in [-0.3, -0.25) is 0 Å². The topological polar surface area (TPSA) is 0 Å². The lowest BCUT2D eigenvalue weighted by atomic mass is 9.75. The molecule has 2 heterocycles. The molecule has 0 saturated carbocycles. The van der Waals surface area contributed by atoms with Gasteiger partial charge in [-0.2, -0.15) is 0 Å². The van der Waals surface area contributed by atoms with E-state index in [1.807, 2.05) is 0 Å². The van der Waals surface area contributed by atoms with Crippen LogP contribution >= 0.6 is 23.5 Å². The van der Waals surface area contributed by atoms with Crippen molar-refractivity contribution in [1.29, 1.82) is 0 Å². The van der Waals surface area contributed by atoms with E-state index < -0.39 is 0 Å². The maximum Gasteiger partial charge on any atom is 0.0391 e. The van der Waals surface area contributed by atoms with E-state index in [1.165, 1.54) is 0 Å². The molecule has 0 N–H and O–H groups in total. The van der Waals surface area contributed by atoms with E-state index in [1.54, 1.807) is 11.1 Å². The summed E-state index contributed by atoms with van der Waals surface area (Å²) in [5.41, 5.74) is 4.44. The molecular weight excluding hydrogens is 352 g/mol. The van der Waals surface area contributed by atoms with Gasteiger partial charge in [0.15, 0.2) is 0 Å². The van der Waals surface area contributed by atoms with Gasteiger partial charge in [0.1, 0.15) is 0 Å². The molecule has 0 aromatic carbocycles. The highest BCUT2D eigenvalue weighted by atomic mass is 32.2. The second-order valence-electron chi connectivity index (χ2n) is 12.4. The van der Waals surface area contributed by atoms with E-state index in [0.717, 1.165) is 0 Å². The van der Waals surface area contributed by atoms with Gasteiger partial charge in [-0.25, -0.2) is 0 Å². The van der Waals surface area contributed by atoms with Crippen LogP contribution in [0.3, 0.4) is 0 Å². The van der Waals surface area contributed by atoms with Gasteiger partial charge in [0, 0.05) is 21.0 Å². The van der Waals surface area contributed by atoms with Crippen molar-refractivity contribution in [2.24, 2.45) is 21.7 Å². The van der Waals surface area contributed by atoms with Crippen molar-refractivity contribution in [2.75, 3.05) is 0 Å². The highest BCUT2D eigenvalue weighted by Gasteiger charge is 2.46. The zero-order valence-electron chi connectivity index (χ0n) is 19.3. The minimum absolute atomic E-state index is 0.253. The predicted octanol–water partition coefficient (Wildman–Crippen LogP) is 7.99. The van der Waals surface area contributed by atoms with Crippen molar-refractivity contribution in [3.05, 3.63) is 23.3 Å². The SMILES string of the molecule is CC(C)(C)C1=C[C@H]([C@H]2C=C(C(C)(C)C)[C@H](C(C)(C)C)S2)S[C@H]1C(C)(C)C. The molecule has 0 bridgehead atoms. The Hall–Kier alpha value is 0.180. The Morgan fingerprint density at radius 3 is 0.962 bits per heavy atom. The third-order valence-corrected chi connectivity index (χ3v) is 9.59. The summed E-state index contributed by atoms with van der Waals surface area (Å²) in [4.78, 5) is 0. The molecule has 2 rings (SSSR count). The Morgan fingerprint density at radius 1 is 0.538 bits per heavy atom. The van der Waals surface area contributed by atoms with Crippen molar-refractivity contribution in [1.82, 2.24) is 0 Å². The molecule has 2 heteroatoms. The molecule has 0 aliphatic carbocycles. The van der Waals surface area contributed by atoms with Crippen LogP contribution in [-0.2, 0) is 0 Å². The number of rotatable bonds is 1. The van der Waals surface area contributed by atoms with Gasteiger partial charge in [0.25, 0.3) is 0 Å². The molecule has 0 radical (unpaired) electrons. The minimum Gasteiger partial charge on any atom is -0.144 e. The summed E-state index contributed by atoms with van der Waals surface area (Å²) in [5.74, 6) is 0. The third kappa shape index (κ3) is 4.77. The predicted molar refractivity (Wildman–Crippen MR) is 124 cm³/mol. The number of hydrogen-bond acceptors (Lipinski definition) is 2.